The van der Waals surface area contributed by atoms with Crippen LogP contribution in [0.15, 0.2) is 60.7 Å². The van der Waals surface area contributed by atoms with Gasteiger partial charge in [0, 0.05) is 31.6 Å². The zero-order chi connectivity index (χ0) is 32.5. The van der Waals surface area contributed by atoms with Crippen molar-refractivity contribution < 1.29 is 48.2 Å². The third-order valence-electron chi connectivity index (χ3n) is 7.10. The molecule has 0 heterocycles. The molecule has 2 atom stereocenters. The Hall–Kier alpha value is -3.16. The number of rotatable bonds is 23. The molecule has 0 bridgehead atoms. The van der Waals surface area contributed by atoms with Gasteiger partial charge in [0.15, 0.2) is 0 Å². The topological polar surface area (TPSA) is 177 Å². The summed E-state index contributed by atoms with van der Waals surface area (Å²) in [5.41, 5.74) is 2.09. The summed E-state index contributed by atoms with van der Waals surface area (Å²) in [4.78, 5) is 49.1. The summed E-state index contributed by atoms with van der Waals surface area (Å²) in [5.74, 6) is -3.60. The summed E-state index contributed by atoms with van der Waals surface area (Å²) in [6.45, 7) is 3.29. The van der Waals surface area contributed by atoms with E-state index in [4.69, 9.17) is 19.3 Å². The van der Waals surface area contributed by atoms with Gasteiger partial charge in [-0.25, -0.2) is 4.57 Å². The van der Waals surface area contributed by atoms with Crippen LogP contribution in [0.25, 0.3) is 0 Å². The lowest BCUT2D eigenvalue weighted by molar-refractivity contribution is -0.143. The van der Waals surface area contributed by atoms with Gasteiger partial charge in [-0.2, -0.15) is 0 Å². The van der Waals surface area contributed by atoms with E-state index in [9.17, 15) is 28.9 Å². The number of carboxylic acids is 3. The molecule has 0 saturated carbocycles. The van der Waals surface area contributed by atoms with Crippen molar-refractivity contribution in [3.63, 3.8) is 0 Å². The molecule has 2 rings (SSSR count). The molecule has 244 valence electrons. The quantitative estimate of drug-likeness (QED) is 0.131. The molecule has 14 heteroatoms. The monoisotopic (exact) mass is 637 g/mol. The summed E-state index contributed by atoms with van der Waals surface area (Å²) in [6.07, 6.45) is 0.428. The van der Waals surface area contributed by atoms with Crippen LogP contribution in [0.5, 0.6) is 0 Å². The van der Waals surface area contributed by atoms with Crippen LogP contribution < -0.4 is 0 Å². The van der Waals surface area contributed by atoms with Gasteiger partial charge in [0.1, 0.15) is 0 Å². The molecule has 2 aromatic carbocycles. The third kappa shape index (κ3) is 14.1. The van der Waals surface area contributed by atoms with Gasteiger partial charge in [-0.05, 0) is 30.6 Å². The highest BCUT2D eigenvalue weighted by Gasteiger charge is 2.28. The minimum atomic E-state index is -4.48. The van der Waals surface area contributed by atoms with E-state index in [1.54, 1.807) is 0 Å². The summed E-state index contributed by atoms with van der Waals surface area (Å²) in [6, 6.07) is 19.0. The lowest BCUT2D eigenvalue weighted by Gasteiger charge is -2.34. The van der Waals surface area contributed by atoms with E-state index in [1.807, 2.05) is 79.4 Å². The summed E-state index contributed by atoms with van der Waals surface area (Å²) >= 11 is 0. The van der Waals surface area contributed by atoms with Crippen LogP contribution in [0.4, 0.5) is 0 Å². The first-order valence-electron chi connectivity index (χ1n) is 14.5. The van der Waals surface area contributed by atoms with Crippen molar-refractivity contribution in [1.29, 1.82) is 0 Å². The van der Waals surface area contributed by atoms with E-state index in [1.165, 1.54) is 9.80 Å². The molecule has 0 aliphatic heterocycles. The zero-order valence-corrected chi connectivity index (χ0v) is 26.1. The maximum Gasteiger partial charge on any atom is 0.472 e. The number of carboxylic acid groups (broad SMARTS) is 3. The molecule has 2 aromatic rings. The van der Waals surface area contributed by atoms with Crippen molar-refractivity contribution in [2.45, 2.75) is 32.2 Å². The SMILES string of the molecule is CCN(CC)C(COP(=O)(O)OCCC(c1ccccc1)c1ccccc1)CN(CCN(CC(=O)O)CC(=O)O)CC(=O)O. The zero-order valence-electron chi connectivity index (χ0n) is 25.2. The molecule has 0 aliphatic rings. The van der Waals surface area contributed by atoms with Gasteiger partial charge in [-0.1, -0.05) is 74.5 Å². The van der Waals surface area contributed by atoms with Gasteiger partial charge >= 0.3 is 25.7 Å². The fourth-order valence-corrected chi connectivity index (χ4v) is 5.79. The molecule has 0 spiro atoms. The van der Waals surface area contributed by atoms with Gasteiger partial charge < -0.3 is 20.2 Å². The first-order chi connectivity index (χ1) is 20.9. The maximum absolute atomic E-state index is 12.9. The molecule has 4 N–H and O–H groups in total. The lowest BCUT2D eigenvalue weighted by atomic mass is 9.89. The van der Waals surface area contributed by atoms with Crippen LogP contribution in [-0.4, -0.2) is 124 Å². The molecule has 0 aliphatic carbocycles. The van der Waals surface area contributed by atoms with Gasteiger partial charge in [-0.3, -0.25) is 38.1 Å². The summed E-state index contributed by atoms with van der Waals surface area (Å²) in [7, 11) is -4.48. The number of hydrogen-bond donors (Lipinski definition) is 4. The van der Waals surface area contributed by atoms with Gasteiger partial charge in [-0.15, -0.1) is 0 Å². The fraction of sp³-hybridized carbons (Fsp3) is 0.500. The van der Waals surface area contributed by atoms with Crippen LogP contribution >= 0.6 is 7.82 Å². The first-order valence-corrected chi connectivity index (χ1v) is 16.0. The standard InChI is InChI=1S/C30H44N3O10P/c1-3-33(4-2)26(19-31(20-28(34)35)16-17-32(21-29(36)37)22-30(38)39)23-43-44(40,41)42-18-15-27(24-11-7-5-8-12-24)25-13-9-6-10-14-25/h5-14,26-27H,3-4,15-23H2,1-2H3,(H,34,35)(H,36,37)(H,38,39)(H,40,41). The second-order valence-electron chi connectivity index (χ2n) is 10.3. The Kier molecular flexibility index (Phi) is 16.2. The van der Waals surface area contributed by atoms with Crippen molar-refractivity contribution >= 4 is 25.7 Å². The Morgan fingerprint density at radius 2 is 1.20 bits per heavy atom. The molecular weight excluding hydrogens is 593 g/mol. The highest BCUT2D eigenvalue weighted by molar-refractivity contribution is 7.47. The van der Waals surface area contributed by atoms with Gasteiger partial charge in [0.2, 0.25) is 0 Å². The van der Waals surface area contributed by atoms with E-state index in [-0.39, 0.29) is 38.8 Å². The molecular formula is C30H44N3O10P. The molecule has 0 fully saturated rings. The van der Waals surface area contributed by atoms with E-state index in [0.29, 0.717) is 19.5 Å². The Balaban J connectivity index is 2.07. The minimum Gasteiger partial charge on any atom is -0.480 e. The molecule has 0 radical (unpaired) electrons. The Bertz CT molecular complexity index is 1140. The van der Waals surface area contributed by atoms with Crippen molar-refractivity contribution in [3.05, 3.63) is 71.8 Å². The lowest BCUT2D eigenvalue weighted by Crippen LogP contribution is -2.49. The number of phosphoric ester groups is 1. The number of nitrogens with zero attached hydrogens (tertiary/aromatic N) is 3. The molecule has 44 heavy (non-hydrogen) atoms. The summed E-state index contributed by atoms with van der Waals surface area (Å²) < 4.78 is 23.7. The second kappa shape index (κ2) is 19.3. The van der Waals surface area contributed by atoms with E-state index < -0.39 is 51.4 Å². The maximum atomic E-state index is 12.9. The molecule has 0 amide bonds. The van der Waals surface area contributed by atoms with Crippen LogP contribution in [0.3, 0.4) is 0 Å². The largest absolute Gasteiger partial charge is 0.480 e. The van der Waals surface area contributed by atoms with Crippen molar-refractivity contribution in [1.82, 2.24) is 14.7 Å². The van der Waals surface area contributed by atoms with Crippen molar-refractivity contribution in [2.75, 3.05) is 65.6 Å². The normalized spacial score (nSPS) is 13.8. The average molecular weight is 638 g/mol. The minimum absolute atomic E-state index is 0.0106. The fourth-order valence-electron chi connectivity index (χ4n) is 5.02. The van der Waals surface area contributed by atoms with E-state index >= 15 is 0 Å². The molecule has 0 saturated heterocycles. The smallest absolute Gasteiger partial charge is 0.472 e. The van der Waals surface area contributed by atoms with Crippen molar-refractivity contribution in [3.8, 4) is 0 Å². The van der Waals surface area contributed by atoms with Crippen LogP contribution in [0, 0.1) is 0 Å². The first kappa shape index (κ1) is 37.0. The highest BCUT2D eigenvalue weighted by Crippen LogP contribution is 2.44. The predicted molar refractivity (Wildman–Crippen MR) is 164 cm³/mol. The molecule has 0 aromatic heterocycles. The Morgan fingerprint density at radius 1 is 0.750 bits per heavy atom. The number of hydrogen-bond acceptors (Lipinski definition) is 9. The van der Waals surface area contributed by atoms with Gasteiger partial charge in [0.05, 0.1) is 32.8 Å². The van der Waals surface area contributed by atoms with Crippen LogP contribution in [0.2, 0.25) is 0 Å². The van der Waals surface area contributed by atoms with Crippen LogP contribution in [0.1, 0.15) is 37.3 Å². The summed E-state index contributed by atoms with van der Waals surface area (Å²) in [5, 5.41) is 27.7. The molecule has 13 nitrogen and oxygen atoms in total. The highest BCUT2D eigenvalue weighted by atomic mass is 31.2. The van der Waals surface area contributed by atoms with E-state index in [2.05, 4.69) is 0 Å². The van der Waals surface area contributed by atoms with E-state index in [0.717, 1.165) is 11.1 Å². The second-order valence-corrected chi connectivity index (χ2v) is 11.7. The predicted octanol–water partition coefficient (Wildman–Crippen LogP) is 2.91. The van der Waals surface area contributed by atoms with Gasteiger partial charge in [0.25, 0.3) is 0 Å². The Labute approximate surface area is 258 Å². The van der Waals surface area contributed by atoms with Crippen LogP contribution in [-0.2, 0) is 28.0 Å². The Morgan fingerprint density at radius 3 is 1.66 bits per heavy atom. The molecule has 2 unspecified atom stereocenters. The average Bonchev–Trinajstić information content (AvgIpc) is 2.97. The number of likely N-dealkylation sites (N-methyl/N-ethyl adjacent to an activating group) is 1. The number of phosphoric acid groups is 1. The van der Waals surface area contributed by atoms with Crippen molar-refractivity contribution in [2.24, 2.45) is 0 Å². The number of aliphatic carboxylic acids is 3. The third-order valence-corrected chi connectivity index (χ3v) is 8.09. The number of carbonyl (C=O) groups is 3. The number of benzene rings is 2.